The summed E-state index contributed by atoms with van der Waals surface area (Å²) < 4.78 is 5.94. The molecule has 100 valence electrons. The summed E-state index contributed by atoms with van der Waals surface area (Å²) in [6.45, 7) is 0.0105. The van der Waals surface area contributed by atoms with E-state index < -0.39 is 0 Å². The molecule has 1 aromatic rings. The summed E-state index contributed by atoms with van der Waals surface area (Å²) in [5.41, 5.74) is 0.503. The van der Waals surface area contributed by atoms with Crippen molar-refractivity contribution in [3.63, 3.8) is 0 Å². The third kappa shape index (κ3) is 3.72. The van der Waals surface area contributed by atoms with Crippen LogP contribution in [0.5, 0.6) is 5.75 Å². The lowest BCUT2D eigenvalue weighted by Gasteiger charge is -2.24. The molecule has 0 spiro atoms. The lowest BCUT2D eigenvalue weighted by atomic mass is 9.97. The third-order valence-electron chi connectivity index (χ3n) is 3.31. The first-order chi connectivity index (χ1) is 9.31. The second kappa shape index (κ2) is 6.79. The summed E-state index contributed by atoms with van der Waals surface area (Å²) >= 11 is 0. The molecule has 0 bridgehead atoms. The Labute approximate surface area is 113 Å². The van der Waals surface area contributed by atoms with Crippen LogP contribution in [0.3, 0.4) is 0 Å². The molecule has 1 aliphatic carbocycles. The quantitative estimate of drug-likeness (QED) is 0.844. The van der Waals surface area contributed by atoms with Gasteiger partial charge >= 0.3 is 0 Å². The van der Waals surface area contributed by atoms with E-state index in [2.05, 4.69) is 5.32 Å². The van der Waals surface area contributed by atoms with Crippen LogP contribution >= 0.6 is 0 Å². The minimum atomic E-state index is -0.257. The number of hydrogen-bond donors (Lipinski definition) is 1. The standard InChI is InChI=1S/C15H18N2O2/c16-10-11-17-15(18)13-8-4-5-9-14(13)19-12-6-2-1-3-7-12/h4-5,8-9,12H,1-3,6-7,11H2,(H,17,18). The number of carbonyl (C=O) groups excluding carboxylic acids is 1. The maximum absolute atomic E-state index is 11.9. The van der Waals surface area contributed by atoms with Crippen molar-refractivity contribution in [1.29, 1.82) is 5.26 Å². The Kier molecular flexibility index (Phi) is 4.79. The molecule has 2 rings (SSSR count). The van der Waals surface area contributed by atoms with E-state index in [1.165, 1.54) is 19.3 Å². The molecule has 0 radical (unpaired) electrons. The number of amides is 1. The van der Waals surface area contributed by atoms with E-state index in [0.717, 1.165) is 12.8 Å². The average molecular weight is 258 g/mol. The van der Waals surface area contributed by atoms with E-state index in [0.29, 0.717) is 11.3 Å². The van der Waals surface area contributed by atoms with Crippen LogP contribution in [-0.4, -0.2) is 18.6 Å². The maximum atomic E-state index is 11.9. The zero-order chi connectivity index (χ0) is 13.5. The fourth-order valence-electron chi connectivity index (χ4n) is 2.33. The van der Waals surface area contributed by atoms with Crippen molar-refractivity contribution < 1.29 is 9.53 Å². The molecule has 1 aliphatic rings. The molecule has 0 atom stereocenters. The summed E-state index contributed by atoms with van der Waals surface area (Å²) in [5.74, 6) is 0.359. The molecule has 19 heavy (non-hydrogen) atoms. The molecular weight excluding hydrogens is 240 g/mol. The van der Waals surface area contributed by atoms with Crippen LogP contribution in [-0.2, 0) is 0 Å². The van der Waals surface area contributed by atoms with Crippen molar-refractivity contribution in [3.8, 4) is 11.8 Å². The number of benzene rings is 1. The van der Waals surface area contributed by atoms with Gasteiger partial charge in [-0.25, -0.2) is 0 Å². The molecule has 1 N–H and O–H groups in total. The van der Waals surface area contributed by atoms with E-state index in [-0.39, 0.29) is 18.6 Å². The number of nitriles is 1. The van der Waals surface area contributed by atoms with Crippen LogP contribution < -0.4 is 10.1 Å². The van der Waals surface area contributed by atoms with Gasteiger partial charge in [0.2, 0.25) is 0 Å². The first-order valence-corrected chi connectivity index (χ1v) is 6.72. The minimum Gasteiger partial charge on any atom is -0.490 e. The molecule has 1 saturated carbocycles. The normalized spacial score (nSPS) is 15.5. The molecule has 0 aromatic heterocycles. The fourth-order valence-corrected chi connectivity index (χ4v) is 2.33. The molecule has 0 unspecified atom stereocenters. The van der Waals surface area contributed by atoms with Crippen LogP contribution in [0.25, 0.3) is 0 Å². The number of carbonyl (C=O) groups is 1. The minimum absolute atomic E-state index is 0.0105. The lowest BCUT2D eigenvalue weighted by Crippen LogP contribution is -2.26. The van der Waals surface area contributed by atoms with Crippen molar-refractivity contribution in [1.82, 2.24) is 5.32 Å². The Morgan fingerprint density at radius 2 is 2.05 bits per heavy atom. The summed E-state index contributed by atoms with van der Waals surface area (Å²) in [7, 11) is 0. The number of nitrogens with one attached hydrogen (secondary N) is 1. The summed E-state index contributed by atoms with van der Waals surface area (Å²) in [6, 6.07) is 9.10. The van der Waals surface area contributed by atoms with Gasteiger partial charge in [0, 0.05) is 0 Å². The van der Waals surface area contributed by atoms with Gasteiger partial charge in [-0.2, -0.15) is 5.26 Å². The number of ether oxygens (including phenoxy) is 1. The van der Waals surface area contributed by atoms with Gasteiger partial charge in [0.1, 0.15) is 12.3 Å². The highest BCUT2D eigenvalue weighted by molar-refractivity contribution is 5.97. The largest absolute Gasteiger partial charge is 0.490 e. The van der Waals surface area contributed by atoms with E-state index in [1.807, 2.05) is 18.2 Å². The first-order valence-electron chi connectivity index (χ1n) is 6.72. The van der Waals surface area contributed by atoms with E-state index in [4.69, 9.17) is 10.00 Å². The Balaban J connectivity index is 2.07. The van der Waals surface area contributed by atoms with Crippen molar-refractivity contribution in [2.45, 2.75) is 38.2 Å². The van der Waals surface area contributed by atoms with Crippen LogP contribution in [0.1, 0.15) is 42.5 Å². The highest BCUT2D eigenvalue weighted by atomic mass is 16.5. The lowest BCUT2D eigenvalue weighted by molar-refractivity contribution is 0.0946. The molecule has 1 fully saturated rings. The fraction of sp³-hybridized carbons (Fsp3) is 0.467. The van der Waals surface area contributed by atoms with E-state index in [9.17, 15) is 4.79 Å². The number of para-hydroxylation sites is 1. The smallest absolute Gasteiger partial charge is 0.255 e. The van der Waals surface area contributed by atoms with Gasteiger partial charge in [-0.05, 0) is 37.8 Å². The van der Waals surface area contributed by atoms with Gasteiger partial charge in [0.25, 0.3) is 5.91 Å². The van der Waals surface area contributed by atoms with Crippen molar-refractivity contribution in [2.75, 3.05) is 6.54 Å². The highest BCUT2D eigenvalue weighted by Crippen LogP contribution is 2.25. The van der Waals surface area contributed by atoms with Crippen molar-refractivity contribution in [3.05, 3.63) is 29.8 Å². The van der Waals surface area contributed by atoms with Gasteiger partial charge in [0.05, 0.1) is 17.7 Å². The molecule has 0 aliphatic heterocycles. The topological polar surface area (TPSA) is 62.1 Å². The van der Waals surface area contributed by atoms with Gasteiger partial charge < -0.3 is 10.1 Å². The van der Waals surface area contributed by atoms with Crippen LogP contribution in [0.4, 0.5) is 0 Å². The third-order valence-corrected chi connectivity index (χ3v) is 3.31. The molecule has 0 saturated heterocycles. The maximum Gasteiger partial charge on any atom is 0.255 e. The Bertz CT molecular complexity index is 473. The second-order valence-corrected chi connectivity index (χ2v) is 4.71. The summed E-state index contributed by atoms with van der Waals surface area (Å²) in [6.07, 6.45) is 5.95. The first kappa shape index (κ1) is 13.4. The summed E-state index contributed by atoms with van der Waals surface area (Å²) in [5, 5.41) is 11.0. The van der Waals surface area contributed by atoms with Gasteiger partial charge in [0.15, 0.2) is 0 Å². The van der Waals surface area contributed by atoms with E-state index in [1.54, 1.807) is 12.1 Å². The number of rotatable bonds is 4. The predicted molar refractivity (Wildman–Crippen MR) is 71.9 cm³/mol. The molecule has 1 amide bonds. The Morgan fingerprint density at radius 3 is 2.79 bits per heavy atom. The zero-order valence-electron chi connectivity index (χ0n) is 10.9. The van der Waals surface area contributed by atoms with Crippen molar-refractivity contribution >= 4 is 5.91 Å². The Hall–Kier alpha value is -2.02. The monoisotopic (exact) mass is 258 g/mol. The SMILES string of the molecule is N#CCNC(=O)c1ccccc1OC1CCCCC1. The van der Waals surface area contributed by atoms with E-state index >= 15 is 0 Å². The van der Waals surface area contributed by atoms with Crippen molar-refractivity contribution in [2.24, 2.45) is 0 Å². The summed E-state index contributed by atoms with van der Waals surface area (Å²) in [4.78, 5) is 11.9. The Morgan fingerprint density at radius 1 is 1.32 bits per heavy atom. The van der Waals surface area contributed by atoms with Crippen LogP contribution in [0, 0.1) is 11.3 Å². The molecule has 0 heterocycles. The van der Waals surface area contributed by atoms with Gasteiger partial charge in [-0.3, -0.25) is 4.79 Å². The van der Waals surface area contributed by atoms with Crippen LogP contribution in [0.15, 0.2) is 24.3 Å². The van der Waals surface area contributed by atoms with Gasteiger partial charge in [-0.1, -0.05) is 18.6 Å². The van der Waals surface area contributed by atoms with Gasteiger partial charge in [-0.15, -0.1) is 0 Å². The zero-order valence-corrected chi connectivity index (χ0v) is 10.9. The predicted octanol–water partition coefficient (Wildman–Crippen LogP) is 2.65. The highest BCUT2D eigenvalue weighted by Gasteiger charge is 2.18. The number of hydrogen-bond acceptors (Lipinski definition) is 3. The number of nitrogens with zero attached hydrogens (tertiary/aromatic N) is 1. The van der Waals surface area contributed by atoms with Crippen LogP contribution in [0.2, 0.25) is 0 Å². The molecule has 4 heteroatoms. The molecular formula is C15H18N2O2. The molecule has 4 nitrogen and oxygen atoms in total. The molecule has 1 aromatic carbocycles. The second-order valence-electron chi connectivity index (χ2n) is 4.71. The average Bonchev–Trinajstić information content (AvgIpc) is 2.46.